The number of aryl methyl sites for hydroxylation is 1. The Labute approximate surface area is 97.2 Å². The van der Waals surface area contributed by atoms with E-state index in [2.05, 4.69) is 43.5 Å². The second-order valence-corrected chi connectivity index (χ2v) is 4.98. The summed E-state index contributed by atoms with van der Waals surface area (Å²) >= 11 is 0. The molecule has 0 radical (unpaired) electrons. The monoisotopic (exact) mass is 220 g/mol. The molecule has 1 aromatic rings. The first-order valence-corrected chi connectivity index (χ1v) is 5.44. The Bertz CT molecular complexity index is 391. The SMILES string of the molecule is CNC(=O)Nc1ccc(C(C)(C)C)cc1C. The zero-order chi connectivity index (χ0) is 12.3. The Balaban J connectivity index is 2.96. The van der Waals surface area contributed by atoms with Gasteiger partial charge in [-0.2, -0.15) is 0 Å². The summed E-state index contributed by atoms with van der Waals surface area (Å²) in [5.74, 6) is 0. The number of rotatable bonds is 1. The zero-order valence-electron chi connectivity index (χ0n) is 10.6. The van der Waals surface area contributed by atoms with Gasteiger partial charge < -0.3 is 10.6 Å². The van der Waals surface area contributed by atoms with Crippen molar-refractivity contribution in [2.45, 2.75) is 33.1 Å². The minimum atomic E-state index is -0.188. The summed E-state index contributed by atoms with van der Waals surface area (Å²) < 4.78 is 0. The molecule has 1 rings (SSSR count). The molecule has 0 aliphatic rings. The van der Waals surface area contributed by atoms with Crippen molar-refractivity contribution in [1.29, 1.82) is 0 Å². The lowest BCUT2D eigenvalue weighted by atomic mass is 9.86. The van der Waals surface area contributed by atoms with Gasteiger partial charge in [0.1, 0.15) is 0 Å². The molecule has 3 heteroatoms. The standard InChI is InChI=1S/C13H20N2O/c1-9-8-10(13(2,3)4)6-7-11(9)15-12(16)14-5/h6-8H,1-5H3,(H2,14,15,16). The molecular formula is C13H20N2O. The predicted molar refractivity (Wildman–Crippen MR) is 68.0 cm³/mol. The lowest BCUT2D eigenvalue weighted by Crippen LogP contribution is -2.25. The minimum Gasteiger partial charge on any atom is -0.341 e. The van der Waals surface area contributed by atoms with Crippen molar-refractivity contribution in [2.75, 3.05) is 12.4 Å². The van der Waals surface area contributed by atoms with Crippen LogP contribution in [-0.4, -0.2) is 13.1 Å². The molecule has 2 amide bonds. The van der Waals surface area contributed by atoms with Crippen LogP contribution in [-0.2, 0) is 5.41 Å². The summed E-state index contributed by atoms with van der Waals surface area (Å²) in [5, 5.41) is 5.32. The van der Waals surface area contributed by atoms with Crippen LogP contribution in [0.25, 0.3) is 0 Å². The van der Waals surface area contributed by atoms with Crippen LogP contribution >= 0.6 is 0 Å². The highest BCUT2D eigenvalue weighted by Gasteiger charge is 2.14. The third kappa shape index (κ3) is 2.99. The van der Waals surface area contributed by atoms with Gasteiger partial charge in [0.15, 0.2) is 0 Å². The molecule has 0 unspecified atom stereocenters. The molecule has 0 heterocycles. The number of nitrogens with one attached hydrogen (secondary N) is 2. The summed E-state index contributed by atoms with van der Waals surface area (Å²) in [6.45, 7) is 8.52. The highest BCUT2D eigenvalue weighted by atomic mass is 16.2. The average Bonchev–Trinajstić information content (AvgIpc) is 2.19. The summed E-state index contributed by atoms with van der Waals surface area (Å²) in [7, 11) is 1.61. The first-order chi connectivity index (χ1) is 7.34. The fraction of sp³-hybridized carbons (Fsp3) is 0.462. The molecule has 0 aromatic heterocycles. The Morgan fingerprint density at radius 1 is 1.25 bits per heavy atom. The van der Waals surface area contributed by atoms with E-state index in [0.717, 1.165) is 11.3 Å². The van der Waals surface area contributed by atoms with Gasteiger partial charge in [-0.3, -0.25) is 0 Å². The quantitative estimate of drug-likeness (QED) is 0.750. The van der Waals surface area contributed by atoms with Gasteiger partial charge in [0.25, 0.3) is 0 Å². The first kappa shape index (κ1) is 12.6. The van der Waals surface area contributed by atoms with E-state index in [-0.39, 0.29) is 11.4 Å². The Kier molecular flexibility index (Phi) is 3.58. The molecule has 1 aromatic carbocycles. The molecule has 2 N–H and O–H groups in total. The van der Waals surface area contributed by atoms with Gasteiger partial charge in [-0.05, 0) is 29.5 Å². The fourth-order valence-corrected chi connectivity index (χ4v) is 1.46. The molecule has 3 nitrogen and oxygen atoms in total. The smallest absolute Gasteiger partial charge is 0.318 e. The normalized spacial score (nSPS) is 11.1. The molecule has 0 bridgehead atoms. The van der Waals surface area contributed by atoms with E-state index < -0.39 is 0 Å². The summed E-state index contributed by atoms with van der Waals surface area (Å²) in [6.07, 6.45) is 0. The number of hydrogen-bond donors (Lipinski definition) is 2. The molecule has 0 aliphatic carbocycles. The van der Waals surface area contributed by atoms with Crippen LogP contribution in [0.4, 0.5) is 10.5 Å². The van der Waals surface area contributed by atoms with Gasteiger partial charge in [0.2, 0.25) is 0 Å². The van der Waals surface area contributed by atoms with Gasteiger partial charge in [0.05, 0.1) is 0 Å². The molecule has 0 atom stereocenters. The molecular weight excluding hydrogens is 200 g/mol. The van der Waals surface area contributed by atoms with Gasteiger partial charge in [0, 0.05) is 12.7 Å². The molecule has 88 valence electrons. The summed E-state index contributed by atoms with van der Waals surface area (Å²) in [5.41, 5.74) is 3.34. The van der Waals surface area contributed by atoms with Crippen molar-refractivity contribution in [1.82, 2.24) is 5.32 Å². The number of carbonyl (C=O) groups excluding carboxylic acids is 1. The van der Waals surface area contributed by atoms with Crippen LogP contribution in [0.5, 0.6) is 0 Å². The number of carbonyl (C=O) groups is 1. The zero-order valence-corrected chi connectivity index (χ0v) is 10.6. The number of anilines is 1. The number of amides is 2. The fourth-order valence-electron chi connectivity index (χ4n) is 1.46. The topological polar surface area (TPSA) is 41.1 Å². The second kappa shape index (κ2) is 4.56. The lowest BCUT2D eigenvalue weighted by Gasteiger charge is -2.20. The van der Waals surface area contributed by atoms with Crippen LogP contribution in [0.15, 0.2) is 18.2 Å². The van der Waals surface area contributed by atoms with Gasteiger partial charge in [-0.25, -0.2) is 4.79 Å². The Morgan fingerprint density at radius 3 is 2.31 bits per heavy atom. The number of urea groups is 1. The molecule has 0 saturated carbocycles. The van der Waals surface area contributed by atoms with E-state index in [0.29, 0.717) is 0 Å². The van der Waals surface area contributed by atoms with Crippen LogP contribution in [0, 0.1) is 6.92 Å². The van der Waals surface area contributed by atoms with E-state index in [1.54, 1.807) is 7.05 Å². The molecule has 0 spiro atoms. The maximum Gasteiger partial charge on any atom is 0.318 e. The Morgan fingerprint density at radius 2 is 1.88 bits per heavy atom. The largest absolute Gasteiger partial charge is 0.341 e. The van der Waals surface area contributed by atoms with Gasteiger partial charge in [-0.1, -0.05) is 32.9 Å². The van der Waals surface area contributed by atoms with Crippen LogP contribution in [0.1, 0.15) is 31.9 Å². The van der Waals surface area contributed by atoms with Crippen molar-refractivity contribution in [3.05, 3.63) is 29.3 Å². The van der Waals surface area contributed by atoms with E-state index >= 15 is 0 Å². The van der Waals surface area contributed by atoms with Crippen LogP contribution in [0.2, 0.25) is 0 Å². The van der Waals surface area contributed by atoms with Crippen molar-refractivity contribution in [2.24, 2.45) is 0 Å². The number of benzene rings is 1. The molecule has 0 aliphatic heterocycles. The second-order valence-electron chi connectivity index (χ2n) is 4.98. The first-order valence-electron chi connectivity index (χ1n) is 5.44. The molecule has 0 fully saturated rings. The van der Waals surface area contributed by atoms with Crippen molar-refractivity contribution < 1.29 is 4.79 Å². The van der Waals surface area contributed by atoms with Crippen LogP contribution in [0.3, 0.4) is 0 Å². The van der Waals surface area contributed by atoms with E-state index in [1.165, 1.54) is 5.56 Å². The summed E-state index contributed by atoms with van der Waals surface area (Å²) in [6, 6.07) is 5.93. The highest BCUT2D eigenvalue weighted by molar-refractivity contribution is 5.89. The van der Waals surface area contributed by atoms with Gasteiger partial charge >= 0.3 is 6.03 Å². The molecule has 16 heavy (non-hydrogen) atoms. The number of hydrogen-bond acceptors (Lipinski definition) is 1. The average molecular weight is 220 g/mol. The van der Waals surface area contributed by atoms with Crippen molar-refractivity contribution in [3.8, 4) is 0 Å². The Hall–Kier alpha value is -1.51. The highest BCUT2D eigenvalue weighted by Crippen LogP contribution is 2.26. The van der Waals surface area contributed by atoms with Crippen molar-refractivity contribution in [3.63, 3.8) is 0 Å². The minimum absolute atomic E-state index is 0.135. The van der Waals surface area contributed by atoms with E-state index in [9.17, 15) is 4.79 Å². The lowest BCUT2D eigenvalue weighted by molar-refractivity contribution is 0.254. The maximum absolute atomic E-state index is 11.2. The maximum atomic E-state index is 11.2. The van der Waals surface area contributed by atoms with Crippen molar-refractivity contribution >= 4 is 11.7 Å². The predicted octanol–water partition coefficient (Wildman–Crippen LogP) is 3.04. The van der Waals surface area contributed by atoms with Gasteiger partial charge in [-0.15, -0.1) is 0 Å². The molecule has 0 saturated heterocycles. The van der Waals surface area contributed by atoms with Crippen LogP contribution < -0.4 is 10.6 Å². The summed E-state index contributed by atoms with van der Waals surface area (Å²) in [4.78, 5) is 11.2. The van der Waals surface area contributed by atoms with E-state index in [4.69, 9.17) is 0 Å². The third-order valence-corrected chi connectivity index (χ3v) is 2.57. The van der Waals surface area contributed by atoms with E-state index in [1.807, 2.05) is 13.0 Å². The third-order valence-electron chi connectivity index (χ3n) is 2.57.